The Bertz CT molecular complexity index is 203. The highest BCUT2D eigenvalue weighted by Crippen LogP contribution is 2.49. The molecule has 2 saturated carbocycles. The van der Waals surface area contributed by atoms with Crippen LogP contribution in [0.1, 0.15) is 46.0 Å². The molecule has 0 amide bonds. The van der Waals surface area contributed by atoms with Crippen molar-refractivity contribution in [1.82, 2.24) is 0 Å². The van der Waals surface area contributed by atoms with Crippen LogP contribution < -0.4 is 0 Å². The summed E-state index contributed by atoms with van der Waals surface area (Å²) in [7, 11) is 0. The molecule has 2 bridgehead atoms. The molecule has 0 saturated heterocycles. The zero-order valence-corrected chi connectivity index (χ0v) is 9.98. The summed E-state index contributed by atoms with van der Waals surface area (Å²) >= 11 is 0. The molecule has 1 N–H and O–H groups in total. The predicted molar refractivity (Wildman–Crippen MR) is 60.6 cm³/mol. The molecule has 2 rings (SSSR count). The minimum atomic E-state index is -0.239. The van der Waals surface area contributed by atoms with Crippen LogP contribution in [0.15, 0.2) is 0 Å². The summed E-state index contributed by atoms with van der Waals surface area (Å²) < 4.78 is 5.44. The van der Waals surface area contributed by atoms with Gasteiger partial charge in [0.05, 0.1) is 18.8 Å². The highest BCUT2D eigenvalue weighted by molar-refractivity contribution is 4.90. The number of aliphatic hydroxyl groups excluding tert-OH is 1. The number of fused-ring (bicyclic) bond motifs is 2. The van der Waals surface area contributed by atoms with Crippen LogP contribution in [0.25, 0.3) is 0 Å². The van der Waals surface area contributed by atoms with Gasteiger partial charge in [-0.15, -0.1) is 0 Å². The van der Waals surface area contributed by atoms with Gasteiger partial charge >= 0.3 is 0 Å². The molecule has 0 radical (unpaired) electrons. The van der Waals surface area contributed by atoms with Crippen LogP contribution in [-0.2, 0) is 4.74 Å². The quantitative estimate of drug-likeness (QED) is 0.759. The van der Waals surface area contributed by atoms with Crippen LogP contribution in [-0.4, -0.2) is 23.9 Å². The molecule has 2 aliphatic carbocycles. The fourth-order valence-corrected chi connectivity index (χ4v) is 3.39. The second kappa shape index (κ2) is 4.84. The first-order valence-electron chi connectivity index (χ1n) is 6.44. The smallest absolute Gasteiger partial charge is 0.0776 e. The van der Waals surface area contributed by atoms with E-state index >= 15 is 0 Å². The van der Waals surface area contributed by atoms with Crippen molar-refractivity contribution in [3.05, 3.63) is 0 Å². The summed E-state index contributed by atoms with van der Waals surface area (Å²) in [6.07, 6.45) is 6.61. The van der Waals surface area contributed by atoms with Crippen LogP contribution in [0, 0.1) is 17.8 Å². The van der Waals surface area contributed by atoms with E-state index in [4.69, 9.17) is 4.74 Å². The Morgan fingerprint density at radius 1 is 1.27 bits per heavy atom. The van der Waals surface area contributed by atoms with Crippen LogP contribution in [0.4, 0.5) is 0 Å². The van der Waals surface area contributed by atoms with Crippen LogP contribution in [0.2, 0.25) is 0 Å². The first-order chi connectivity index (χ1) is 7.15. The number of rotatable bonds is 5. The van der Waals surface area contributed by atoms with E-state index in [1.807, 2.05) is 13.8 Å². The lowest BCUT2D eigenvalue weighted by molar-refractivity contribution is -0.00705. The summed E-state index contributed by atoms with van der Waals surface area (Å²) in [5, 5.41) is 9.86. The average Bonchev–Trinajstić information content (AvgIpc) is 2.76. The van der Waals surface area contributed by atoms with Gasteiger partial charge in [0.1, 0.15) is 0 Å². The number of hydrogen-bond acceptors (Lipinski definition) is 2. The van der Waals surface area contributed by atoms with E-state index in [9.17, 15) is 5.11 Å². The SMILES string of the molecule is CC(C)OCC(O)CC1CC2CCC1C2. The van der Waals surface area contributed by atoms with E-state index in [-0.39, 0.29) is 12.2 Å². The van der Waals surface area contributed by atoms with Crippen molar-refractivity contribution in [2.45, 2.75) is 58.2 Å². The molecule has 0 heterocycles. The lowest BCUT2D eigenvalue weighted by Gasteiger charge is -2.24. The molecular weight excluding hydrogens is 188 g/mol. The monoisotopic (exact) mass is 212 g/mol. The summed E-state index contributed by atoms with van der Waals surface area (Å²) in [5.41, 5.74) is 0. The number of hydrogen-bond donors (Lipinski definition) is 1. The van der Waals surface area contributed by atoms with Gasteiger partial charge in [0.2, 0.25) is 0 Å². The van der Waals surface area contributed by atoms with Gasteiger partial charge in [-0.2, -0.15) is 0 Å². The van der Waals surface area contributed by atoms with E-state index in [1.54, 1.807) is 0 Å². The Morgan fingerprint density at radius 2 is 2.07 bits per heavy atom. The van der Waals surface area contributed by atoms with Gasteiger partial charge in [-0.25, -0.2) is 0 Å². The zero-order valence-electron chi connectivity index (χ0n) is 9.98. The molecule has 88 valence electrons. The minimum Gasteiger partial charge on any atom is -0.391 e. The molecule has 0 aliphatic heterocycles. The predicted octanol–water partition coefficient (Wildman–Crippen LogP) is 2.60. The van der Waals surface area contributed by atoms with E-state index in [2.05, 4.69) is 0 Å². The van der Waals surface area contributed by atoms with Gasteiger partial charge in [-0.3, -0.25) is 0 Å². The number of aliphatic hydroxyl groups is 1. The van der Waals surface area contributed by atoms with Gasteiger partial charge < -0.3 is 9.84 Å². The standard InChI is InChI=1S/C13H24O2/c1-9(2)15-8-13(14)7-12-6-10-3-4-11(12)5-10/h9-14H,3-8H2,1-2H3. The van der Waals surface area contributed by atoms with Crippen molar-refractivity contribution in [1.29, 1.82) is 0 Å². The fraction of sp³-hybridized carbons (Fsp3) is 1.00. The van der Waals surface area contributed by atoms with Gasteiger partial charge in [0.25, 0.3) is 0 Å². The summed E-state index contributed by atoms with van der Waals surface area (Å²) in [4.78, 5) is 0. The first kappa shape index (κ1) is 11.4. The van der Waals surface area contributed by atoms with Gasteiger partial charge in [-0.05, 0) is 57.3 Å². The van der Waals surface area contributed by atoms with Crippen molar-refractivity contribution in [3.63, 3.8) is 0 Å². The Balaban J connectivity index is 1.68. The van der Waals surface area contributed by atoms with E-state index in [0.29, 0.717) is 6.61 Å². The highest BCUT2D eigenvalue weighted by Gasteiger charge is 2.39. The molecule has 2 heteroatoms. The summed E-state index contributed by atoms with van der Waals surface area (Å²) in [6.45, 7) is 4.56. The minimum absolute atomic E-state index is 0.236. The second-order valence-corrected chi connectivity index (χ2v) is 5.71. The topological polar surface area (TPSA) is 29.5 Å². The fourth-order valence-electron chi connectivity index (χ4n) is 3.39. The summed E-state index contributed by atoms with van der Waals surface area (Å²) in [5.74, 6) is 2.69. The van der Waals surface area contributed by atoms with Crippen molar-refractivity contribution in [2.75, 3.05) is 6.61 Å². The molecule has 2 nitrogen and oxygen atoms in total. The Hall–Kier alpha value is -0.0800. The van der Waals surface area contributed by atoms with Gasteiger partial charge in [-0.1, -0.05) is 6.42 Å². The molecule has 0 aromatic carbocycles. The Kier molecular flexibility index (Phi) is 3.68. The second-order valence-electron chi connectivity index (χ2n) is 5.71. The lowest BCUT2D eigenvalue weighted by atomic mass is 9.85. The number of ether oxygens (including phenoxy) is 1. The molecule has 0 aromatic rings. The van der Waals surface area contributed by atoms with Gasteiger partial charge in [0.15, 0.2) is 0 Å². The lowest BCUT2D eigenvalue weighted by Crippen LogP contribution is -2.24. The van der Waals surface area contributed by atoms with Crippen LogP contribution in [0.5, 0.6) is 0 Å². The third-order valence-electron chi connectivity index (χ3n) is 4.08. The van der Waals surface area contributed by atoms with Crippen molar-refractivity contribution >= 4 is 0 Å². The molecule has 0 aromatic heterocycles. The molecule has 4 atom stereocenters. The average molecular weight is 212 g/mol. The highest BCUT2D eigenvalue weighted by atomic mass is 16.5. The molecule has 15 heavy (non-hydrogen) atoms. The van der Waals surface area contributed by atoms with Crippen LogP contribution >= 0.6 is 0 Å². The van der Waals surface area contributed by atoms with E-state index in [1.165, 1.54) is 25.7 Å². The Labute approximate surface area is 93.0 Å². The molecule has 0 spiro atoms. The Morgan fingerprint density at radius 3 is 2.60 bits per heavy atom. The molecule has 4 unspecified atom stereocenters. The van der Waals surface area contributed by atoms with Crippen LogP contribution in [0.3, 0.4) is 0 Å². The normalized spacial score (nSPS) is 36.4. The third kappa shape index (κ3) is 2.94. The zero-order chi connectivity index (χ0) is 10.8. The van der Waals surface area contributed by atoms with Gasteiger partial charge in [0, 0.05) is 0 Å². The summed E-state index contributed by atoms with van der Waals surface area (Å²) in [6, 6.07) is 0. The maximum absolute atomic E-state index is 9.86. The van der Waals surface area contributed by atoms with Crippen molar-refractivity contribution in [3.8, 4) is 0 Å². The molecule has 2 aliphatic rings. The largest absolute Gasteiger partial charge is 0.391 e. The van der Waals surface area contributed by atoms with Crippen molar-refractivity contribution < 1.29 is 9.84 Å². The first-order valence-corrected chi connectivity index (χ1v) is 6.44. The van der Waals surface area contributed by atoms with E-state index in [0.717, 1.165) is 24.2 Å². The maximum atomic E-state index is 9.86. The van der Waals surface area contributed by atoms with Crippen molar-refractivity contribution in [2.24, 2.45) is 17.8 Å². The maximum Gasteiger partial charge on any atom is 0.0776 e. The third-order valence-corrected chi connectivity index (χ3v) is 4.08. The molecule has 2 fully saturated rings. The molecular formula is C13H24O2. The van der Waals surface area contributed by atoms with E-state index < -0.39 is 0 Å².